The van der Waals surface area contributed by atoms with E-state index in [-0.39, 0.29) is 12.0 Å². The molecule has 0 bridgehead atoms. The summed E-state index contributed by atoms with van der Waals surface area (Å²) in [5, 5.41) is 10.8. The van der Waals surface area contributed by atoms with Crippen LogP contribution in [0.2, 0.25) is 0 Å². The summed E-state index contributed by atoms with van der Waals surface area (Å²) in [6.07, 6.45) is 2.88. The summed E-state index contributed by atoms with van der Waals surface area (Å²) >= 11 is 1.73. The molecular formula is C14H17NO2S. The van der Waals surface area contributed by atoms with Crippen molar-refractivity contribution in [1.29, 1.82) is 0 Å². The van der Waals surface area contributed by atoms with Gasteiger partial charge in [0.25, 0.3) is 0 Å². The molecule has 2 heterocycles. The average molecular weight is 263 g/mol. The third kappa shape index (κ3) is 2.28. The van der Waals surface area contributed by atoms with Crippen LogP contribution in [0.4, 0.5) is 0 Å². The first-order valence-electron chi connectivity index (χ1n) is 6.34. The minimum Gasteiger partial charge on any atom is -0.396 e. The fourth-order valence-corrected chi connectivity index (χ4v) is 3.69. The zero-order chi connectivity index (χ0) is 12.4. The van der Waals surface area contributed by atoms with Crippen LogP contribution in [0.3, 0.4) is 0 Å². The summed E-state index contributed by atoms with van der Waals surface area (Å²) in [4.78, 5) is 4.65. The van der Waals surface area contributed by atoms with Crippen molar-refractivity contribution in [2.75, 3.05) is 19.8 Å². The molecule has 3 nitrogen and oxygen atoms in total. The van der Waals surface area contributed by atoms with Crippen LogP contribution in [-0.4, -0.2) is 29.9 Å². The van der Waals surface area contributed by atoms with E-state index in [0.717, 1.165) is 36.4 Å². The van der Waals surface area contributed by atoms with Crippen molar-refractivity contribution in [2.45, 2.75) is 19.3 Å². The molecule has 1 aromatic heterocycles. The Morgan fingerprint density at radius 1 is 1.39 bits per heavy atom. The van der Waals surface area contributed by atoms with Gasteiger partial charge in [-0.2, -0.15) is 0 Å². The van der Waals surface area contributed by atoms with Crippen LogP contribution in [0.5, 0.6) is 0 Å². The summed E-state index contributed by atoms with van der Waals surface area (Å²) < 4.78 is 6.76. The van der Waals surface area contributed by atoms with Gasteiger partial charge in [0.05, 0.1) is 28.4 Å². The highest BCUT2D eigenvalue weighted by atomic mass is 32.1. The Balaban J connectivity index is 1.85. The predicted octanol–water partition coefficient (Wildman–Crippen LogP) is 2.63. The highest BCUT2D eigenvalue weighted by Gasteiger charge is 2.33. The molecule has 0 radical (unpaired) electrons. The minimum atomic E-state index is -0.119. The maximum absolute atomic E-state index is 9.67. The fourth-order valence-electron chi connectivity index (χ4n) is 2.55. The number of hydrogen-bond acceptors (Lipinski definition) is 4. The number of thiazole rings is 1. The van der Waals surface area contributed by atoms with Gasteiger partial charge in [-0.1, -0.05) is 12.1 Å². The third-order valence-corrected chi connectivity index (χ3v) is 4.64. The van der Waals surface area contributed by atoms with Gasteiger partial charge < -0.3 is 9.84 Å². The number of para-hydroxylation sites is 1. The Labute approximate surface area is 110 Å². The summed E-state index contributed by atoms with van der Waals surface area (Å²) in [5.74, 6) is 0. The predicted molar refractivity (Wildman–Crippen MR) is 72.9 cm³/mol. The molecule has 18 heavy (non-hydrogen) atoms. The van der Waals surface area contributed by atoms with Crippen LogP contribution in [0.1, 0.15) is 17.8 Å². The second kappa shape index (κ2) is 4.96. The molecule has 0 aliphatic carbocycles. The number of aliphatic hydroxyl groups excluding tert-OH is 1. The van der Waals surface area contributed by atoms with Crippen molar-refractivity contribution in [3.05, 3.63) is 29.3 Å². The fraction of sp³-hybridized carbons (Fsp3) is 0.500. The first kappa shape index (κ1) is 12.1. The van der Waals surface area contributed by atoms with Gasteiger partial charge >= 0.3 is 0 Å². The number of hydrogen-bond donors (Lipinski definition) is 1. The zero-order valence-corrected chi connectivity index (χ0v) is 11.1. The Morgan fingerprint density at radius 3 is 3.00 bits per heavy atom. The Kier molecular flexibility index (Phi) is 3.33. The highest BCUT2D eigenvalue weighted by Crippen LogP contribution is 2.34. The third-order valence-electron chi connectivity index (χ3n) is 3.60. The average Bonchev–Trinajstić information content (AvgIpc) is 2.81. The van der Waals surface area contributed by atoms with Crippen LogP contribution in [0.25, 0.3) is 10.2 Å². The van der Waals surface area contributed by atoms with Gasteiger partial charge in [-0.3, -0.25) is 0 Å². The SMILES string of the molecule is OCC1(Cc2nc3ccccc3s2)CCCOC1. The molecule has 1 aliphatic rings. The summed E-state index contributed by atoms with van der Waals surface area (Å²) in [6, 6.07) is 8.19. The van der Waals surface area contributed by atoms with Gasteiger partial charge in [-0.15, -0.1) is 11.3 Å². The second-order valence-corrected chi connectivity index (χ2v) is 6.18. The number of aliphatic hydroxyl groups is 1. The van der Waals surface area contributed by atoms with Gasteiger partial charge in [0.15, 0.2) is 0 Å². The standard InChI is InChI=1S/C14H17NO2S/c16-9-14(6-3-7-17-10-14)8-13-15-11-4-1-2-5-12(11)18-13/h1-2,4-5,16H,3,6-10H2. The van der Waals surface area contributed by atoms with Crippen molar-refractivity contribution in [2.24, 2.45) is 5.41 Å². The normalized spacial score (nSPS) is 24.5. The number of nitrogens with zero attached hydrogens (tertiary/aromatic N) is 1. The molecular weight excluding hydrogens is 246 g/mol. The number of rotatable bonds is 3. The first-order chi connectivity index (χ1) is 8.81. The Morgan fingerprint density at radius 2 is 2.28 bits per heavy atom. The zero-order valence-electron chi connectivity index (χ0n) is 10.3. The van der Waals surface area contributed by atoms with Gasteiger partial charge in [-0.25, -0.2) is 4.98 Å². The van der Waals surface area contributed by atoms with Crippen molar-refractivity contribution in [3.63, 3.8) is 0 Å². The van der Waals surface area contributed by atoms with Gasteiger partial charge in [0.1, 0.15) is 0 Å². The number of fused-ring (bicyclic) bond motifs is 1. The molecule has 1 atom stereocenters. The van der Waals surface area contributed by atoms with Crippen molar-refractivity contribution < 1.29 is 9.84 Å². The number of ether oxygens (including phenoxy) is 1. The lowest BCUT2D eigenvalue weighted by atomic mass is 9.80. The van der Waals surface area contributed by atoms with E-state index in [1.165, 1.54) is 4.70 Å². The quantitative estimate of drug-likeness (QED) is 0.925. The maximum atomic E-state index is 9.67. The van der Waals surface area contributed by atoms with Crippen molar-refractivity contribution in [3.8, 4) is 0 Å². The number of aromatic nitrogens is 1. The lowest BCUT2D eigenvalue weighted by molar-refractivity contribution is -0.0378. The molecule has 0 saturated carbocycles. The summed E-state index contributed by atoms with van der Waals surface area (Å²) in [6.45, 7) is 1.66. The number of benzene rings is 1. The van der Waals surface area contributed by atoms with Gasteiger partial charge in [0, 0.05) is 18.4 Å². The molecule has 3 rings (SSSR count). The van der Waals surface area contributed by atoms with E-state index in [1.54, 1.807) is 11.3 Å². The minimum absolute atomic E-state index is 0.119. The molecule has 1 fully saturated rings. The summed E-state index contributed by atoms with van der Waals surface area (Å²) in [5.41, 5.74) is 0.939. The molecule has 96 valence electrons. The van der Waals surface area contributed by atoms with Crippen molar-refractivity contribution >= 4 is 21.6 Å². The molecule has 1 saturated heterocycles. The maximum Gasteiger partial charge on any atom is 0.0945 e. The lowest BCUT2D eigenvalue weighted by Crippen LogP contribution is -2.37. The van der Waals surface area contributed by atoms with E-state index in [1.807, 2.05) is 18.2 Å². The molecule has 2 aromatic rings. The monoisotopic (exact) mass is 263 g/mol. The Bertz CT molecular complexity index is 498. The van der Waals surface area contributed by atoms with Crippen LogP contribution < -0.4 is 0 Å². The van der Waals surface area contributed by atoms with Crippen LogP contribution in [0.15, 0.2) is 24.3 Å². The van der Waals surface area contributed by atoms with E-state index < -0.39 is 0 Å². The van der Waals surface area contributed by atoms with Crippen LogP contribution in [0, 0.1) is 5.41 Å². The smallest absolute Gasteiger partial charge is 0.0945 e. The largest absolute Gasteiger partial charge is 0.396 e. The van der Waals surface area contributed by atoms with Crippen LogP contribution in [-0.2, 0) is 11.2 Å². The molecule has 4 heteroatoms. The molecule has 0 spiro atoms. The molecule has 1 aliphatic heterocycles. The summed E-state index contributed by atoms with van der Waals surface area (Å²) in [7, 11) is 0. The van der Waals surface area contributed by atoms with Crippen LogP contribution >= 0.6 is 11.3 Å². The van der Waals surface area contributed by atoms with Gasteiger partial charge in [0.2, 0.25) is 0 Å². The molecule has 1 aromatic carbocycles. The lowest BCUT2D eigenvalue weighted by Gasteiger charge is -2.34. The van der Waals surface area contributed by atoms with E-state index in [2.05, 4.69) is 11.1 Å². The molecule has 0 amide bonds. The Hall–Kier alpha value is -0.970. The van der Waals surface area contributed by atoms with E-state index in [0.29, 0.717) is 6.61 Å². The topological polar surface area (TPSA) is 42.4 Å². The van der Waals surface area contributed by atoms with E-state index in [9.17, 15) is 5.11 Å². The van der Waals surface area contributed by atoms with E-state index in [4.69, 9.17) is 4.74 Å². The van der Waals surface area contributed by atoms with Crippen molar-refractivity contribution in [1.82, 2.24) is 4.98 Å². The first-order valence-corrected chi connectivity index (χ1v) is 7.16. The van der Waals surface area contributed by atoms with Gasteiger partial charge in [-0.05, 0) is 25.0 Å². The van der Waals surface area contributed by atoms with E-state index >= 15 is 0 Å². The highest BCUT2D eigenvalue weighted by molar-refractivity contribution is 7.18. The second-order valence-electron chi connectivity index (χ2n) is 5.07. The molecule has 1 N–H and O–H groups in total. The molecule has 1 unspecified atom stereocenters.